The van der Waals surface area contributed by atoms with E-state index in [0.29, 0.717) is 5.69 Å². The molecule has 1 aromatic carbocycles. The molecular weight excluding hydrogens is 301 g/mol. The van der Waals surface area contributed by atoms with E-state index in [4.69, 9.17) is 5.26 Å². The maximum atomic E-state index is 13.5. The van der Waals surface area contributed by atoms with Gasteiger partial charge in [0.15, 0.2) is 5.13 Å². The van der Waals surface area contributed by atoms with Crippen LogP contribution >= 0.6 is 11.3 Å². The molecule has 8 heteroatoms. The molecule has 0 bridgehead atoms. The van der Waals surface area contributed by atoms with Gasteiger partial charge in [-0.2, -0.15) is 5.26 Å². The molecule has 1 N–H and O–H groups in total. The number of hydrogen-bond acceptors (Lipinski definition) is 5. The van der Waals surface area contributed by atoms with Crippen molar-refractivity contribution in [2.75, 3.05) is 4.72 Å². The third kappa shape index (κ3) is 2.64. The smallest absolute Gasteiger partial charge is 0.255 e. The van der Waals surface area contributed by atoms with Gasteiger partial charge in [-0.1, -0.05) is 6.07 Å². The number of hydrogen-bond donors (Lipinski definition) is 1. The monoisotopic (exact) mass is 311 g/mol. The minimum atomic E-state index is -4.05. The molecule has 5 nitrogen and oxygen atoms in total. The van der Waals surface area contributed by atoms with Gasteiger partial charge in [-0.05, 0) is 26.0 Å². The highest BCUT2D eigenvalue weighted by atomic mass is 32.2. The van der Waals surface area contributed by atoms with Crippen LogP contribution in [0.4, 0.5) is 9.52 Å². The van der Waals surface area contributed by atoms with Crippen LogP contribution in [0.15, 0.2) is 23.1 Å². The largest absolute Gasteiger partial charge is 0.265 e. The maximum Gasteiger partial charge on any atom is 0.265 e. The summed E-state index contributed by atoms with van der Waals surface area (Å²) in [6, 6.07) is 5.02. The number of nitrogens with one attached hydrogen (secondary N) is 1. The summed E-state index contributed by atoms with van der Waals surface area (Å²) < 4.78 is 40.1. The van der Waals surface area contributed by atoms with Gasteiger partial charge in [0.1, 0.15) is 22.3 Å². The summed E-state index contributed by atoms with van der Waals surface area (Å²) in [6.45, 7) is 3.57. The lowest BCUT2D eigenvalue weighted by molar-refractivity contribution is 0.593. The first-order valence-corrected chi connectivity index (χ1v) is 7.80. The molecule has 0 aliphatic heterocycles. The number of benzene rings is 1. The number of rotatable bonds is 3. The van der Waals surface area contributed by atoms with Crippen LogP contribution < -0.4 is 4.72 Å². The molecule has 104 valence electrons. The standard InChI is InChI=1S/C12H10FN3O2S2/c1-7-8(2)19-12(15-7)16-20(17,18)11-5-3-4-10(13)9(11)6-14/h3-5H,1-2H3,(H,15,16). The molecule has 2 rings (SSSR count). The molecule has 0 fully saturated rings. The average molecular weight is 311 g/mol. The Morgan fingerprint density at radius 3 is 2.65 bits per heavy atom. The van der Waals surface area contributed by atoms with E-state index in [2.05, 4.69) is 9.71 Å². The number of anilines is 1. The molecule has 0 saturated heterocycles. The van der Waals surface area contributed by atoms with Crippen molar-refractivity contribution in [3.8, 4) is 6.07 Å². The first-order valence-electron chi connectivity index (χ1n) is 5.50. The second-order valence-corrected chi connectivity index (χ2v) is 6.84. The van der Waals surface area contributed by atoms with Crippen molar-refractivity contribution in [3.05, 3.63) is 40.2 Å². The van der Waals surface area contributed by atoms with Crippen molar-refractivity contribution >= 4 is 26.5 Å². The van der Waals surface area contributed by atoms with Crippen LogP contribution in [0.3, 0.4) is 0 Å². The number of thiazole rings is 1. The molecule has 20 heavy (non-hydrogen) atoms. The van der Waals surface area contributed by atoms with Gasteiger partial charge in [-0.15, -0.1) is 11.3 Å². The van der Waals surface area contributed by atoms with Crippen molar-refractivity contribution in [2.45, 2.75) is 18.7 Å². The summed E-state index contributed by atoms with van der Waals surface area (Å²) in [4.78, 5) is 4.53. The van der Waals surface area contributed by atoms with E-state index in [1.165, 1.54) is 23.5 Å². The summed E-state index contributed by atoms with van der Waals surface area (Å²) in [5.74, 6) is -0.873. The number of halogens is 1. The first-order chi connectivity index (χ1) is 9.35. The van der Waals surface area contributed by atoms with Crippen LogP contribution in [0, 0.1) is 31.0 Å². The Bertz CT molecular complexity index is 787. The lowest BCUT2D eigenvalue weighted by Crippen LogP contribution is -2.15. The molecule has 0 unspecified atom stereocenters. The quantitative estimate of drug-likeness (QED) is 0.944. The van der Waals surface area contributed by atoms with Gasteiger partial charge in [0.05, 0.1) is 5.69 Å². The summed E-state index contributed by atoms with van der Waals surface area (Å²) in [6.07, 6.45) is 0. The van der Waals surface area contributed by atoms with E-state index in [1.54, 1.807) is 13.0 Å². The van der Waals surface area contributed by atoms with Crippen molar-refractivity contribution in [3.63, 3.8) is 0 Å². The lowest BCUT2D eigenvalue weighted by Gasteiger charge is -2.07. The minimum absolute atomic E-state index is 0.188. The molecule has 2 aromatic rings. The van der Waals surface area contributed by atoms with Crippen molar-refractivity contribution < 1.29 is 12.8 Å². The SMILES string of the molecule is Cc1nc(NS(=O)(=O)c2cccc(F)c2C#N)sc1C. The average Bonchev–Trinajstić information content (AvgIpc) is 2.67. The van der Waals surface area contributed by atoms with Gasteiger partial charge in [-0.25, -0.2) is 17.8 Å². The number of nitrogens with zero attached hydrogens (tertiary/aromatic N) is 2. The topological polar surface area (TPSA) is 82.8 Å². The van der Waals surface area contributed by atoms with E-state index < -0.39 is 26.3 Å². The molecular formula is C12H10FN3O2S2. The Labute approximate surface area is 119 Å². The highest BCUT2D eigenvalue weighted by molar-refractivity contribution is 7.93. The van der Waals surface area contributed by atoms with Crippen LogP contribution in [0.2, 0.25) is 0 Å². The van der Waals surface area contributed by atoms with Crippen LogP contribution in [-0.2, 0) is 10.0 Å². The fraction of sp³-hybridized carbons (Fsp3) is 0.167. The molecule has 1 aromatic heterocycles. The van der Waals surface area contributed by atoms with E-state index in [1.807, 2.05) is 6.92 Å². The predicted octanol–water partition coefficient (Wildman–Crippen LogP) is 2.57. The van der Waals surface area contributed by atoms with E-state index in [9.17, 15) is 12.8 Å². The van der Waals surface area contributed by atoms with Crippen LogP contribution in [0.5, 0.6) is 0 Å². The van der Waals surface area contributed by atoms with Crippen LogP contribution in [-0.4, -0.2) is 13.4 Å². The second kappa shape index (κ2) is 5.19. The zero-order valence-corrected chi connectivity index (χ0v) is 12.3. The third-order valence-corrected chi connectivity index (χ3v) is 5.13. The summed E-state index contributed by atoms with van der Waals surface area (Å²) in [5, 5.41) is 9.07. The van der Waals surface area contributed by atoms with E-state index in [-0.39, 0.29) is 5.13 Å². The van der Waals surface area contributed by atoms with Crippen molar-refractivity contribution in [1.82, 2.24) is 4.98 Å². The van der Waals surface area contributed by atoms with E-state index >= 15 is 0 Å². The predicted molar refractivity (Wildman–Crippen MR) is 73.5 cm³/mol. The van der Waals surface area contributed by atoms with Gasteiger partial charge in [0.2, 0.25) is 0 Å². The number of aryl methyl sites for hydroxylation is 2. The first kappa shape index (κ1) is 14.4. The number of nitriles is 1. The van der Waals surface area contributed by atoms with Gasteiger partial charge < -0.3 is 0 Å². The normalized spacial score (nSPS) is 11.1. The van der Waals surface area contributed by atoms with Crippen molar-refractivity contribution in [1.29, 1.82) is 5.26 Å². The highest BCUT2D eigenvalue weighted by Gasteiger charge is 2.22. The van der Waals surface area contributed by atoms with Gasteiger partial charge in [-0.3, -0.25) is 4.72 Å². The Morgan fingerprint density at radius 2 is 2.10 bits per heavy atom. The summed E-state index contributed by atoms with van der Waals surface area (Å²) >= 11 is 1.18. The molecule has 0 atom stereocenters. The van der Waals surface area contributed by atoms with Crippen molar-refractivity contribution in [2.24, 2.45) is 0 Å². The zero-order chi connectivity index (χ0) is 14.9. The Hall–Kier alpha value is -1.98. The molecule has 0 radical (unpaired) electrons. The Balaban J connectivity index is 2.46. The highest BCUT2D eigenvalue weighted by Crippen LogP contribution is 2.25. The third-order valence-electron chi connectivity index (χ3n) is 2.63. The molecule has 0 aliphatic carbocycles. The maximum absolute atomic E-state index is 13.5. The van der Waals surface area contributed by atoms with Crippen LogP contribution in [0.1, 0.15) is 16.1 Å². The van der Waals surface area contributed by atoms with E-state index in [0.717, 1.165) is 10.9 Å². The van der Waals surface area contributed by atoms with Gasteiger partial charge in [0, 0.05) is 4.88 Å². The van der Waals surface area contributed by atoms with Crippen LogP contribution in [0.25, 0.3) is 0 Å². The molecule has 0 amide bonds. The molecule has 0 aliphatic rings. The Morgan fingerprint density at radius 1 is 1.40 bits per heavy atom. The van der Waals surface area contributed by atoms with Gasteiger partial charge in [0.25, 0.3) is 10.0 Å². The summed E-state index contributed by atoms with van der Waals surface area (Å²) in [7, 11) is -4.05. The summed E-state index contributed by atoms with van der Waals surface area (Å²) in [5.41, 5.74) is 0.206. The number of aromatic nitrogens is 1. The Kier molecular flexibility index (Phi) is 3.74. The second-order valence-electron chi connectivity index (χ2n) is 3.99. The van der Waals surface area contributed by atoms with Gasteiger partial charge >= 0.3 is 0 Å². The zero-order valence-electron chi connectivity index (χ0n) is 10.6. The number of sulfonamides is 1. The molecule has 0 saturated carbocycles. The minimum Gasteiger partial charge on any atom is -0.255 e. The molecule has 1 heterocycles. The fourth-order valence-corrected chi connectivity index (χ4v) is 3.74. The fourth-order valence-electron chi connectivity index (χ4n) is 1.52. The molecule has 0 spiro atoms. The lowest BCUT2D eigenvalue weighted by atomic mass is 10.2.